The van der Waals surface area contributed by atoms with E-state index in [2.05, 4.69) is 33.0 Å². The molecule has 0 fully saturated rings. The molecule has 1 N–H and O–H groups in total. The fourth-order valence-corrected chi connectivity index (χ4v) is 1.84. The Morgan fingerprint density at radius 2 is 2.22 bits per heavy atom. The standard InChI is InChI=1S/C13H17N3O2/c1-10(11-5-3-4-6-12(11)17-2)14-8-7-13-15-9-18-16-13/h3-6,9-10,14H,7-8H2,1-2H3. The maximum atomic E-state index is 5.34. The van der Waals surface area contributed by atoms with Crippen LogP contribution < -0.4 is 10.1 Å². The van der Waals surface area contributed by atoms with Gasteiger partial charge in [0, 0.05) is 24.6 Å². The van der Waals surface area contributed by atoms with Crippen LogP contribution >= 0.6 is 0 Å². The highest BCUT2D eigenvalue weighted by Gasteiger charge is 2.10. The Bertz CT molecular complexity index is 471. The number of aromatic nitrogens is 2. The van der Waals surface area contributed by atoms with Gasteiger partial charge in [0.25, 0.3) is 0 Å². The minimum Gasteiger partial charge on any atom is -0.496 e. The first-order valence-electron chi connectivity index (χ1n) is 5.93. The van der Waals surface area contributed by atoms with Crippen LogP contribution in [0.1, 0.15) is 24.4 Å². The SMILES string of the molecule is COc1ccccc1C(C)NCCc1ncon1. The number of para-hydroxylation sites is 1. The smallest absolute Gasteiger partial charge is 0.213 e. The van der Waals surface area contributed by atoms with E-state index in [-0.39, 0.29) is 6.04 Å². The molecule has 1 aromatic carbocycles. The summed E-state index contributed by atoms with van der Waals surface area (Å²) in [5.41, 5.74) is 1.15. The predicted octanol–water partition coefficient (Wildman–Crippen LogP) is 1.97. The van der Waals surface area contributed by atoms with Gasteiger partial charge in [-0.15, -0.1) is 0 Å². The molecule has 2 rings (SSSR count). The van der Waals surface area contributed by atoms with Gasteiger partial charge in [0.1, 0.15) is 5.75 Å². The molecule has 18 heavy (non-hydrogen) atoms. The monoisotopic (exact) mass is 247 g/mol. The number of benzene rings is 1. The number of hydrogen-bond acceptors (Lipinski definition) is 5. The number of hydrogen-bond donors (Lipinski definition) is 1. The second-order valence-corrected chi connectivity index (χ2v) is 4.02. The first-order valence-corrected chi connectivity index (χ1v) is 5.93. The van der Waals surface area contributed by atoms with Gasteiger partial charge in [0.15, 0.2) is 5.82 Å². The predicted molar refractivity (Wildman–Crippen MR) is 67.4 cm³/mol. The molecular weight excluding hydrogens is 230 g/mol. The molecule has 96 valence electrons. The molecule has 5 heteroatoms. The van der Waals surface area contributed by atoms with Crippen molar-refractivity contribution in [1.82, 2.24) is 15.5 Å². The fraction of sp³-hybridized carbons (Fsp3) is 0.385. The molecule has 0 bridgehead atoms. The number of rotatable bonds is 6. The van der Waals surface area contributed by atoms with E-state index in [4.69, 9.17) is 4.74 Å². The van der Waals surface area contributed by atoms with Crippen molar-refractivity contribution >= 4 is 0 Å². The van der Waals surface area contributed by atoms with Gasteiger partial charge in [-0.1, -0.05) is 23.4 Å². The van der Waals surface area contributed by atoms with Gasteiger partial charge in [0.2, 0.25) is 6.39 Å². The molecule has 0 aliphatic carbocycles. The molecule has 5 nitrogen and oxygen atoms in total. The Morgan fingerprint density at radius 3 is 2.94 bits per heavy atom. The van der Waals surface area contributed by atoms with Crippen molar-refractivity contribution in [2.24, 2.45) is 0 Å². The molecule has 1 atom stereocenters. The fourth-order valence-electron chi connectivity index (χ4n) is 1.84. The highest BCUT2D eigenvalue weighted by Crippen LogP contribution is 2.23. The highest BCUT2D eigenvalue weighted by molar-refractivity contribution is 5.35. The number of nitrogens with zero attached hydrogens (tertiary/aromatic N) is 2. The first-order chi connectivity index (χ1) is 8.81. The first kappa shape index (κ1) is 12.6. The van der Waals surface area contributed by atoms with Gasteiger partial charge >= 0.3 is 0 Å². The third-order valence-corrected chi connectivity index (χ3v) is 2.81. The van der Waals surface area contributed by atoms with Crippen molar-refractivity contribution in [2.45, 2.75) is 19.4 Å². The van der Waals surface area contributed by atoms with E-state index in [0.29, 0.717) is 0 Å². The van der Waals surface area contributed by atoms with Crippen LogP contribution in [0.15, 0.2) is 35.2 Å². The van der Waals surface area contributed by atoms with Gasteiger partial charge in [-0.2, -0.15) is 4.98 Å². The van der Waals surface area contributed by atoms with Crippen LogP contribution in [0.4, 0.5) is 0 Å². The van der Waals surface area contributed by atoms with Gasteiger partial charge in [0.05, 0.1) is 7.11 Å². The van der Waals surface area contributed by atoms with Gasteiger partial charge in [-0.05, 0) is 13.0 Å². The Kier molecular flexibility index (Phi) is 4.30. The summed E-state index contributed by atoms with van der Waals surface area (Å²) in [5.74, 6) is 1.62. The third kappa shape index (κ3) is 3.07. The van der Waals surface area contributed by atoms with Crippen LogP contribution in [0.3, 0.4) is 0 Å². The van der Waals surface area contributed by atoms with Crippen molar-refractivity contribution in [3.05, 3.63) is 42.0 Å². The molecule has 0 saturated heterocycles. The van der Waals surface area contributed by atoms with E-state index in [0.717, 1.165) is 30.1 Å². The third-order valence-electron chi connectivity index (χ3n) is 2.81. The van der Waals surface area contributed by atoms with E-state index in [1.54, 1.807) is 7.11 Å². The summed E-state index contributed by atoms with van der Waals surface area (Å²) in [7, 11) is 1.69. The Labute approximate surface area is 106 Å². The Hall–Kier alpha value is -1.88. The zero-order valence-electron chi connectivity index (χ0n) is 10.6. The van der Waals surface area contributed by atoms with E-state index < -0.39 is 0 Å². The summed E-state index contributed by atoms with van der Waals surface area (Å²) < 4.78 is 10.0. The molecule has 0 amide bonds. The topological polar surface area (TPSA) is 60.2 Å². The van der Waals surface area contributed by atoms with Crippen molar-refractivity contribution in [2.75, 3.05) is 13.7 Å². The zero-order chi connectivity index (χ0) is 12.8. The quantitative estimate of drug-likeness (QED) is 0.845. The lowest BCUT2D eigenvalue weighted by Crippen LogP contribution is -2.22. The molecule has 1 heterocycles. The zero-order valence-corrected chi connectivity index (χ0v) is 10.6. The Balaban J connectivity index is 1.89. The van der Waals surface area contributed by atoms with Crippen molar-refractivity contribution in [3.63, 3.8) is 0 Å². The van der Waals surface area contributed by atoms with E-state index in [9.17, 15) is 0 Å². The van der Waals surface area contributed by atoms with Gasteiger partial charge in [-0.3, -0.25) is 0 Å². The lowest BCUT2D eigenvalue weighted by molar-refractivity contribution is 0.399. The Morgan fingerprint density at radius 1 is 1.39 bits per heavy atom. The minimum atomic E-state index is 0.216. The largest absolute Gasteiger partial charge is 0.496 e. The maximum absolute atomic E-state index is 5.34. The number of nitrogens with one attached hydrogen (secondary N) is 1. The molecule has 0 saturated carbocycles. The van der Waals surface area contributed by atoms with E-state index in [1.807, 2.05) is 18.2 Å². The summed E-state index contributed by atoms with van der Waals surface area (Å²) in [6.45, 7) is 2.90. The molecule has 2 aromatic rings. The minimum absolute atomic E-state index is 0.216. The van der Waals surface area contributed by atoms with Crippen LogP contribution in [0.2, 0.25) is 0 Å². The summed E-state index contributed by atoms with van der Waals surface area (Å²) in [5, 5.41) is 7.18. The average Bonchev–Trinajstić information content (AvgIpc) is 2.91. The van der Waals surface area contributed by atoms with E-state index in [1.165, 1.54) is 6.39 Å². The molecule has 0 radical (unpaired) electrons. The van der Waals surface area contributed by atoms with Crippen LogP contribution in [0, 0.1) is 0 Å². The summed E-state index contributed by atoms with van der Waals surface area (Å²) >= 11 is 0. The van der Waals surface area contributed by atoms with Crippen molar-refractivity contribution in [3.8, 4) is 5.75 Å². The molecule has 1 aromatic heterocycles. The molecule has 1 unspecified atom stereocenters. The van der Waals surface area contributed by atoms with Crippen LogP contribution in [-0.4, -0.2) is 23.8 Å². The van der Waals surface area contributed by atoms with Gasteiger partial charge < -0.3 is 14.6 Å². The summed E-state index contributed by atoms with van der Waals surface area (Å²) in [4.78, 5) is 3.98. The van der Waals surface area contributed by atoms with Crippen LogP contribution in [-0.2, 0) is 6.42 Å². The maximum Gasteiger partial charge on any atom is 0.213 e. The van der Waals surface area contributed by atoms with Crippen LogP contribution in [0.25, 0.3) is 0 Å². The normalized spacial score (nSPS) is 12.3. The van der Waals surface area contributed by atoms with Crippen molar-refractivity contribution in [1.29, 1.82) is 0 Å². The van der Waals surface area contributed by atoms with Crippen LogP contribution in [0.5, 0.6) is 5.75 Å². The molecule has 0 spiro atoms. The molecular formula is C13H17N3O2. The van der Waals surface area contributed by atoms with E-state index >= 15 is 0 Å². The lowest BCUT2D eigenvalue weighted by atomic mass is 10.1. The second kappa shape index (κ2) is 6.16. The average molecular weight is 247 g/mol. The van der Waals surface area contributed by atoms with Crippen molar-refractivity contribution < 1.29 is 9.26 Å². The molecule has 0 aliphatic heterocycles. The van der Waals surface area contributed by atoms with Gasteiger partial charge in [-0.25, -0.2) is 0 Å². The second-order valence-electron chi connectivity index (χ2n) is 4.02. The number of ether oxygens (including phenoxy) is 1. The number of methoxy groups -OCH3 is 1. The highest BCUT2D eigenvalue weighted by atomic mass is 16.5. The summed E-state index contributed by atoms with van der Waals surface area (Å²) in [6, 6.07) is 8.22. The lowest BCUT2D eigenvalue weighted by Gasteiger charge is -2.16. The molecule has 0 aliphatic rings. The summed E-state index contributed by atoms with van der Waals surface area (Å²) in [6.07, 6.45) is 2.09.